The Morgan fingerprint density at radius 2 is 1.81 bits per heavy atom. The molecule has 92 valence electrons. The lowest BCUT2D eigenvalue weighted by atomic mass is 10.1. The molecule has 0 saturated carbocycles. The van der Waals surface area contributed by atoms with Crippen LogP contribution in [-0.4, -0.2) is 35.1 Å². The van der Waals surface area contributed by atoms with Crippen molar-refractivity contribution in [1.82, 2.24) is 14.5 Å². The maximum absolute atomic E-state index is 4.56. The Morgan fingerprint density at radius 3 is 2.25 bits per heavy atom. The summed E-state index contributed by atoms with van der Waals surface area (Å²) in [6.07, 6.45) is 2.04. The Hall–Kier alpha value is -0.830. The first-order chi connectivity index (χ1) is 7.43. The molecule has 0 aliphatic carbocycles. The first-order valence-corrected chi connectivity index (χ1v) is 6.13. The fourth-order valence-corrected chi connectivity index (χ4v) is 1.87. The summed E-state index contributed by atoms with van der Waals surface area (Å²) in [7, 11) is 4.22. The second-order valence-corrected chi connectivity index (χ2v) is 5.31. The van der Waals surface area contributed by atoms with Crippen LogP contribution in [0.25, 0.3) is 0 Å². The summed E-state index contributed by atoms with van der Waals surface area (Å²) in [6, 6.07) is 0. The van der Waals surface area contributed by atoms with Crippen LogP contribution in [0, 0.1) is 0 Å². The van der Waals surface area contributed by atoms with Crippen molar-refractivity contribution in [2.75, 3.05) is 20.6 Å². The van der Waals surface area contributed by atoms with Crippen LogP contribution in [0.15, 0.2) is 6.20 Å². The lowest BCUT2D eigenvalue weighted by Gasteiger charge is -2.18. The highest BCUT2D eigenvalue weighted by atomic mass is 15.1. The minimum atomic E-state index is 0.495. The predicted octanol–water partition coefficient (Wildman–Crippen LogP) is 2.69. The fraction of sp³-hybridized carbons (Fsp3) is 0.769. The summed E-state index contributed by atoms with van der Waals surface area (Å²) in [4.78, 5) is 6.78. The first-order valence-electron chi connectivity index (χ1n) is 6.13. The molecular weight excluding hydrogens is 198 g/mol. The van der Waals surface area contributed by atoms with Crippen molar-refractivity contribution in [3.8, 4) is 0 Å². The lowest BCUT2D eigenvalue weighted by Crippen LogP contribution is -2.21. The van der Waals surface area contributed by atoms with E-state index >= 15 is 0 Å². The minimum absolute atomic E-state index is 0.495. The summed E-state index contributed by atoms with van der Waals surface area (Å²) in [5, 5.41) is 0. The molecule has 0 aliphatic rings. The van der Waals surface area contributed by atoms with Gasteiger partial charge in [0.15, 0.2) is 0 Å². The van der Waals surface area contributed by atoms with Gasteiger partial charge in [0, 0.05) is 30.9 Å². The molecule has 1 aromatic heterocycles. The van der Waals surface area contributed by atoms with E-state index in [-0.39, 0.29) is 0 Å². The summed E-state index contributed by atoms with van der Waals surface area (Å²) >= 11 is 0. The topological polar surface area (TPSA) is 21.1 Å². The molecule has 3 nitrogen and oxygen atoms in total. The van der Waals surface area contributed by atoms with Crippen LogP contribution in [0.1, 0.15) is 51.0 Å². The number of rotatable bonds is 5. The Balaban J connectivity index is 2.95. The van der Waals surface area contributed by atoms with Crippen LogP contribution in [0.4, 0.5) is 0 Å². The average Bonchev–Trinajstić information content (AvgIpc) is 2.57. The van der Waals surface area contributed by atoms with Gasteiger partial charge in [-0.3, -0.25) is 0 Å². The van der Waals surface area contributed by atoms with Gasteiger partial charge in [-0.05, 0) is 20.0 Å². The Labute approximate surface area is 99.5 Å². The molecule has 3 heteroatoms. The van der Waals surface area contributed by atoms with Gasteiger partial charge in [0.1, 0.15) is 5.82 Å². The SMILES string of the molecule is CC(C)c1cnc(C(C)C)n1CCN(C)C. The molecule has 0 bridgehead atoms. The van der Waals surface area contributed by atoms with E-state index in [0.717, 1.165) is 13.1 Å². The van der Waals surface area contributed by atoms with Gasteiger partial charge in [-0.15, -0.1) is 0 Å². The van der Waals surface area contributed by atoms with Gasteiger partial charge in [-0.2, -0.15) is 0 Å². The largest absolute Gasteiger partial charge is 0.330 e. The van der Waals surface area contributed by atoms with Gasteiger partial charge in [0.25, 0.3) is 0 Å². The van der Waals surface area contributed by atoms with E-state index in [1.165, 1.54) is 11.5 Å². The van der Waals surface area contributed by atoms with E-state index in [1.54, 1.807) is 0 Å². The highest BCUT2D eigenvalue weighted by molar-refractivity contribution is 5.11. The number of likely N-dealkylation sites (N-methyl/N-ethyl adjacent to an activating group) is 1. The van der Waals surface area contributed by atoms with Crippen molar-refractivity contribution in [1.29, 1.82) is 0 Å². The third-order valence-corrected chi connectivity index (χ3v) is 2.80. The van der Waals surface area contributed by atoms with Crippen LogP contribution in [0.2, 0.25) is 0 Å². The van der Waals surface area contributed by atoms with Gasteiger partial charge >= 0.3 is 0 Å². The zero-order valence-corrected chi connectivity index (χ0v) is 11.5. The highest BCUT2D eigenvalue weighted by Gasteiger charge is 2.14. The molecule has 0 aliphatic heterocycles. The molecule has 16 heavy (non-hydrogen) atoms. The Kier molecular flexibility index (Phi) is 4.54. The maximum atomic E-state index is 4.56. The number of hydrogen-bond acceptors (Lipinski definition) is 2. The number of nitrogens with zero attached hydrogens (tertiary/aromatic N) is 3. The second-order valence-electron chi connectivity index (χ2n) is 5.31. The summed E-state index contributed by atoms with van der Waals surface area (Å²) in [5.41, 5.74) is 1.35. The van der Waals surface area contributed by atoms with Crippen molar-refractivity contribution >= 4 is 0 Å². The number of imidazole rings is 1. The third-order valence-electron chi connectivity index (χ3n) is 2.80. The molecule has 0 atom stereocenters. The fourth-order valence-electron chi connectivity index (χ4n) is 1.87. The van der Waals surface area contributed by atoms with E-state index in [0.29, 0.717) is 11.8 Å². The molecule has 0 aromatic carbocycles. The summed E-state index contributed by atoms with van der Waals surface area (Å²) < 4.78 is 2.38. The average molecular weight is 223 g/mol. The monoisotopic (exact) mass is 223 g/mol. The first kappa shape index (κ1) is 13.2. The number of hydrogen-bond donors (Lipinski definition) is 0. The summed E-state index contributed by atoms with van der Waals surface area (Å²) in [6.45, 7) is 11.0. The minimum Gasteiger partial charge on any atom is -0.330 e. The molecule has 1 heterocycles. The molecule has 0 fully saturated rings. The van der Waals surface area contributed by atoms with Crippen LogP contribution in [-0.2, 0) is 6.54 Å². The van der Waals surface area contributed by atoms with Crippen molar-refractivity contribution in [3.05, 3.63) is 17.7 Å². The Bertz CT molecular complexity index is 298. The molecule has 0 radical (unpaired) electrons. The van der Waals surface area contributed by atoms with Gasteiger partial charge < -0.3 is 9.47 Å². The molecule has 1 rings (SSSR count). The van der Waals surface area contributed by atoms with Gasteiger partial charge in [0.2, 0.25) is 0 Å². The zero-order valence-electron chi connectivity index (χ0n) is 11.5. The highest BCUT2D eigenvalue weighted by Crippen LogP contribution is 2.21. The Morgan fingerprint density at radius 1 is 1.19 bits per heavy atom. The van der Waals surface area contributed by atoms with E-state index in [1.807, 2.05) is 6.20 Å². The molecule has 1 aromatic rings. The normalized spacial score (nSPS) is 12.1. The maximum Gasteiger partial charge on any atom is 0.111 e. The van der Waals surface area contributed by atoms with E-state index < -0.39 is 0 Å². The third kappa shape index (κ3) is 3.08. The summed E-state index contributed by atoms with van der Waals surface area (Å²) in [5.74, 6) is 2.25. The van der Waals surface area contributed by atoms with Gasteiger partial charge in [-0.1, -0.05) is 27.7 Å². The van der Waals surface area contributed by atoms with Crippen molar-refractivity contribution in [2.45, 2.75) is 46.1 Å². The number of aromatic nitrogens is 2. The van der Waals surface area contributed by atoms with E-state index in [2.05, 4.69) is 56.2 Å². The van der Waals surface area contributed by atoms with Crippen LogP contribution in [0.5, 0.6) is 0 Å². The standard InChI is InChI=1S/C13H25N3/c1-10(2)12-9-14-13(11(3)4)16(12)8-7-15(5)6/h9-11H,7-8H2,1-6H3. The molecule has 0 spiro atoms. The lowest BCUT2D eigenvalue weighted by molar-refractivity contribution is 0.374. The van der Waals surface area contributed by atoms with Crippen LogP contribution < -0.4 is 0 Å². The van der Waals surface area contributed by atoms with E-state index in [9.17, 15) is 0 Å². The van der Waals surface area contributed by atoms with Crippen molar-refractivity contribution < 1.29 is 0 Å². The van der Waals surface area contributed by atoms with Crippen molar-refractivity contribution in [3.63, 3.8) is 0 Å². The van der Waals surface area contributed by atoms with Crippen LogP contribution in [0.3, 0.4) is 0 Å². The predicted molar refractivity (Wildman–Crippen MR) is 69.0 cm³/mol. The molecular formula is C13H25N3. The van der Waals surface area contributed by atoms with E-state index in [4.69, 9.17) is 0 Å². The molecule has 0 unspecified atom stereocenters. The van der Waals surface area contributed by atoms with Crippen molar-refractivity contribution in [2.24, 2.45) is 0 Å². The van der Waals surface area contributed by atoms with Crippen LogP contribution >= 0.6 is 0 Å². The van der Waals surface area contributed by atoms with Gasteiger partial charge in [0.05, 0.1) is 0 Å². The van der Waals surface area contributed by atoms with Gasteiger partial charge in [-0.25, -0.2) is 4.98 Å². The zero-order chi connectivity index (χ0) is 12.3. The quantitative estimate of drug-likeness (QED) is 0.765. The second kappa shape index (κ2) is 5.48. The molecule has 0 amide bonds. The smallest absolute Gasteiger partial charge is 0.111 e. The molecule has 0 N–H and O–H groups in total. The molecule has 0 saturated heterocycles.